The van der Waals surface area contributed by atoms with Crippen molar-refractivity contribution in [2.24, 2.45) is 5.92 Å². The minimum atomic E-state index is -4.68. The molecule has 2 N–H and O–H groups in total. The molecule has 1 aliphatic carbocycles. The fraction of sp³-hybridized carbons (Fsp3) is 0.341. The van der Waals surface area contributed by atoms with Crippen LogP contribution in [0.1, 0.15) is 84.5 Å². The Hall–Kier alpha value is -5.52. The Morgan fingerprint density at radius 1 is 0.962 bits per heavy atom. The highest BCUT2D eigenvalue weighted by molar-refractivity contribution is 5.97. The molecule has 3 aromatic carbocycles. The number of anilines is 1. The lowest BCUT2D eigenvalue weighted by Gasteiger charge is -2.22. The smallest absolute Gasteiger partial charge is 0.416 e. The number of unbranched alkanes of at least 4 members (excludes halogenated alkanes) is 2. The summed E-state index contributed by atoms with van der Waals surface area (Å²) in [6, 6.07) is 16.3. The maximum atomic E-state index is 13.6. The number of carbonyl (C=O) groups excluding carboxylic acids is 2. The highest BCUT2D eigenvalue weighted by Crippen LogP contribution is 2.35. The number of aromatic nitrogens is 2. The Morgan fingerprint density at radius 3 is 2.28 bits per heavy atom. The first-order valence-corrected chi connectivity index (χ1v) is 17.7. The maximum absolute atomic E-state index is 13.6. The molecule has 0 aliphatic heterocycles. The van der Waals surface area contributed by atoms with Gasteiger partial charge in [-0.15, -0.1) is 0 Å². The van der Waals surface area contributed by atoms with Crippen LogP contribution in [0.3, 0.4) is 0 Å². The van der Waals surface area contributed by atoms with E-state index < -0.39 is 42.5 Å². The molecule has 2 amide bonds. The predicted octanol–water partition coefficient (Wildman–Crippen LogP) is 8.84. The lowest BCUT2D eigenvalue weighted by atomic mass is 9.84. The van der Waals surface area contributed by atoms with Crippen molar-refractivity contribution < 1.29 is 37.4 Å². The van der Waals surface area contributed by atoms with Gasteiger partial charge in [0.25, 0.3) is 5.91 Å². The molecule has 12 heteroatoms. The molecule has 0 saturated carbocycles. The summed E-state index contributed by atoms with van der Waals surface area (Å²) < 4.78 is 45.6. The molecule has 1 aromatic heterocycles. The van der Waals surface area contributed by atoms with Gasteiger partial charge in [0.1, 0.15) is 12.3 Å². The molecule has 0 spiro atoms. The molecule has 53 heavy (non-hydrogen) atoms. The zero-order chi connectivity index (χ0) is 38.0. The number of rotatable bonds is 15. The number of halogens is 3. The molecule has 1 atom stereocenters. The van der Waals surface area contributed by atoms with E-state index in [9.17, 15) is 32.7 Å². The van der Waals surface area contributed by atoms with Gasteiger partial charge in [-0.25, -0.2) is 9.97 Å². The van der Waals surface area contributed by atoms with E-state index in [1.807, 2.05) is 24.5 Å². The molecular formula is C41H43F3N4O5. The Morgan fingerprint density at radius 2 is 1.68 bits per heavy atom. The minimum Gasteiger partial charge on any atom is -0.497 e. The first-order chi connectivity index (χ1) is 25.4. The molecular weight excluding hydrogens is 685 g/mol. The number of allylic oxidation sites excluding steroid dienone is 2. The van der Waals surface area contributed by atoms with Gasteiger partial charge in [-0.3, -0.25) is 14.4 Å². The molecule has 5 rings (SSSR count). The summed E-state index contributed by atoms with van der Waals surface area (Å²) in [4.78, 5) is 48.1. The van der Waals surface area contributed by atoms with E-state index in [-0.39, 0.29) is 29.1 Å². The van der Waals surface area contributed by atoms with Crippen molar-refractivity contribution in [1.82, 2.24) is 14.9 Å². The number of carboxylic acid groups (broad SMARTS) is 1. The molecule has 1 unspecified atom stereocenters. The lowest BCUT2D eigenvalue weighted by molar-refractivity contribution is -0.139. The fourth-order valence-electron chi connectivity index (χ4n) is 6.44. The van der Waals surface area contributed by atoms with Crippen LogP contribution >= 0.6 is 0 Å². The number of nitrogens with zero attached hydrogens (tertiary/aromatic N) is 3. The van der Waals surface area contributed by atoms with Gasteiger partial charge >= 0.3 is 12.1 Å². The van der Waals surface area contributed by atoms with Crippen LogP contribution in [0.25, 0.3) is 17.0 Å². The second-order valence-corrected chi connectivity index (χ2v) is 13.2. The van der Waals surface area contributed by atoms with E-state index in [1.54, 1.807) is 12.1 Å². The van der Waals surface area contributed by atoms with Gasteiger partial charge in [0, 0.05) is 41.3 Å². The van der Waals surface area contributed by atoms with Gasteiger partial charge in [-0.1, -0.05) is 69.0 Å². The number of benzene rings is 3. The minimum absolute atomic E-state index is 0.0146. The third-order valence-corrected chi connectivity index (χ3v) is 9.35. The van der Waals surface area contributed by atoms with Gasteiger partial charge in [-0.2, -0.15) is 13.2 Å². The van der Waals surface area contributed by atoms with Gasteiger partial charge in [0.2, 0.25) is 5.91 Å². The van der Waals surface area contributed by atoms with E-state index in [2.05, 4.69) is 28.3 Å². The molecule has 1 heterocycles. The van der Waals surface area contributed by atoms with Crippen molar-refractivity contribution in [3.63, 3.8) is 0 Å². The van der Waals surface area contributed by atoms with Gasteiger partial charge in [0.15, 0.2) is 5.82 Å². The quantitative estimate of drug-likeness (QED) is 0.117. The molecule has 4 aromatic rings. The zero-order valence-corrected chi connectivity index (χ0v) is 29.8. The second kappa shape index (κ2) is 17.8. The number of alkyl halides is 3. The molecule has 9 nitrogen and oxygen atoms in total. The summed E-state index contributed by atoms with van der Waals surface area (Å²) in [6.07, 6.45) is 9.24. The lowest BCUT2D eigenvalue weighted by Crippen LogP contribution is -2.35. The number of hydrogen-bond acceptors (Lipinski definition) is 6. The van der Waals surface area contributed by atoms with Crippen LogP contribution < -0.4 is 10.1 Å². The van der Waals surface area contributed by atoms with Crippen LogP contribution in [0.5, 0.6) is 5.75 Å². The van der Waals surface area contributed by atoms with E-state index in [0.717, 1.165) is 36.0 Å². The summed E-state index contributed by atoms with van der Waals surface area (Å²) >= 11 is 0. The number of aliphatic carboxylic acids is 1. The topological polar surface area (TPSA) is 122 Å². The number of carboxylic acids is 1. The molecule has 0 radical (unpaired) electrons. The monoisotopic (exact) mass is 728 g/mol. The van der Waals surface area contributed by atoms with E-state index >= 15 is 0 Å². The molecule has 0 bridgehead atoms. The summed E-state index contributed by atoms with van der Waals surface area (Å²) in [5.74, 6) is -1.10. The first-order valence-electron chi connectivity index (χ1n) is 17.7. The normalized spacial score (nSPS) is 14.3. The number of hydrogen-bond donors (Lipinski definition) is 2. The number of ether oxygens (including phenoxy) is 1. The fourth-order valence-corrected chi connectivity index (χ4v) is 6.44. The SMILES string of the molecule is CCCCCC1CC=C(c2cnc(-c3ccc(CN(CC(=O)O)C(=O)c4ccc(NC(=O)Cc5ccc(OC)cc5C(F)(F)F)cc4)cc3)nc2)CC1. The van der Waals surface area contributed by atoms with Crippen LogP contribution in [0.2, 0.25) is 0 Å². The Balaban J connectivity index is 1.19. The highest BCUT2D eigenvalue weighted by Gasteiger charge is 2.34. The second-order valence-electron chi connectivity index (χ2n) is 13.2. The average molecular weight is 729 g/mol. The van der Waals surface area contributed by atoms with E-state index in [0.29, 0.717) is 11.4 Å². The van der Waals surface area contributed by atoms with Crippen molar-refractivity contribution >= 4 is 29.0 Å². The van der Waals surface area contributed by atoms with Crippen LogP contribution in [0.4, 0.5) is 18.9 Å². The summed E-state index contributed by atoms with van der Waals surface area (Å²) in [5, 5.41) is 12.1. The van der Waals surface area contributed by atoms with Crippen molar-refractivity contribution in [3.05, 3.63) is 113 Å². The van der Waals surface area contributed by atoms with Crippen molar-refractivity contribution in [2.45, 2.75) is 71.0 Å². The average Bonchev–Trinajstić information content (AvgIpc) is 3.15. The molecule has 278 valence electrons. The summed E-state index contributed by atoms with van der Waals surface area (Å²) in [7, 11) is 1.25. The Bertz CT molecular complexity index is 1910. The van der Waals surface area contributed by atoms with Gasteiger partial charge < -0.3 is 20.1 Å². The van der Waals surface area contributed by atoms with Crippen LogP contribution in [0.15, 0.2) is 85.2 Å². The van der Waals surface area contributed by atoms with Gasteiger partial charge in [-0.05, 0) is 78.3 Å². The number of nitrogens with one attached hydrogen (secondary N) is 1. The Labute approximate surface area is 306 Å². The number of amides is 2. The molecule has 0 fully saturated rings. The molecule has 0 saturated heterocycles. The van der Waals surface area contributed by atoms with Crippen LogP contribution in [-0.4, -0.2) is 51.4 Å². The maximum Gasteiger partial charge on any atom is 0.416 e. The third kappa shape index (κ3) is 10.8. The standard InChI is InChI=1S/C41H43F3N4O5/c1-3-4-5-6-27-7-11-29(12-8-27)33-23-45-39(46-24-33)30-13-9-28(10-14-30)25-48(26-38(50)51)40(52)31-15-18-34(19-16-31)47-37(49)21-32-17-20-35(53-2)22-36(32)41(42,43)44/h9-11,13-20,22-24,27H,3-8,12,21,25-26H2,1-2H3,(H,47,49)(H,50,51). The number of methoxy groups -OCH3 is 1. The summed E-state index contributed by atoms with van der Waals surface area (Å²) in [6.45, 7) is 1.69. The van der Waals surface area contributed by atoms with Crippen LogP contribution in [0, 0.1) is 5.92 Å². The van der Waals surface area contributed by atoms with Crippen molar-refractivity contribution in [1.29, 1.82) is 0 Å². The third-order valence-electron chi connectivity index (χ3n) is 9.35. The largest absolute Gasteiger partial charge is 0.497 e. The van der Waals surface area contributed by atoms with E-state index in [1.165, 1.54) is 86.1 Å². The van der Waals surface area contributed by atoms with Crippen molar-refractivity contribution in [3.8, 4) is 17.1 Å². The van der Waals surface area contributed by atoms with Crippen LogP contribution in [-0.2, 0) is 28.7 Å². The first kappa shape index (κ1) is 38.7. The Kier molecular flexibility index (Phi) is 13.0. The molecule has 1 aliphatic rings. The zero-order valence-electron chi connectivity index (χ0n) is 29.8. The highest BCUT2D eigenvalue weighted by atomic mass is 19.4. The predicted molar refractivity (Wildman–Crippen MR) is 196 cm³/mol. The summed E-state index contributed by atoms with van der Waals surface area (Å²) in [5.41, 5.74) is 3.03. The van der Waals surface area contributed by atoms with Gasteiger partial charge in [0.05, 0.1) is 19.1 Å². The number of carbonyl (C=O) groups is 3. The van der Waals surface area contributed by atoms with E-state index in [4.69, 9.17) is 4.74 Å². The van der Waals surface area contributed by atoms with Crippen molar-refractivity contribution in [2.75, 3.05) is 19.0 Å².